The van der Waals surface area contributed by atoms with Gasteiger partial charge >= 0.3 is 6.18 Å². The molecule has 1 fully saturated rings. The SMILES string of the molecule is O=C(N[C@H]1C[C@@H](O)C1)c1ccc2cc(Oc3ccc(C(F)(F)F)cn3)ccc2n1. The van der Waals surface area contributed by atoms with Crippen LogP contribution in [0.3, 0.4) is 0 Å². The maximum absolute atomic E-state index is 12.6. The molecule has 0 saturated heterocycles. The van der Waals surface area contributed by atoms with Gasteiger partial charge in [-0.2, -0.15) is 13.2 Å². The molecule has 29 heavy (non-hydrogen) atoms. The maximum atomic E-state index is 12.6. The van der Waals surface area contributed by atoms with Crippen molar-refractivity contribution in [1.29, 1.82) is 0 Å². The normalized spacial score (nSPS) is 18.9. The molecule has 1 saturated carbocycles. The molecule has 1 amide bonds. The van der Waals surface area contributed by atoms with Crippen LogP contribution in [0.4, 0.5) is 13.2 Å². The van der Waals surface area contributed by atoms with Crippen molar-refractivity contribution < 1.29 is 27.8 Å². The molecule has 1 aromatic carbocycles. The molecule has 2 aromatic heterocycles. The van der Waals surface area contributed by atoms with E-state index >= 15 is 0 Å². The lowest BCUT2D eigenvalue weighted by Gasteiger charge is -2.31. The Balaban J connectivity index is 1.47. The highest BCUT2D eigenvalue weighted by Crippen LogP contribution is 2.30. The number of benzene rings is 1. The number of aliphatic hydroxyl groups excluding tert-OH is 1. The Morgan fingerprint density at radius 1 is 1.14 bits per heavy atom. The maximum Gasteiger partial charge on any atom is 0.417 e. The highest BCUT2D eigenvalue weighted by atomic mass is 19.4. The third-order valence-electron chi connectivity index (χ3n) is 4.63. The molecule has 0 bridgehead atoms. The third kappa shape index (κ3) is 4.29. The standard InChI is InChI=1S/C20H16F3N3O3/c21-20(22,23)12-2-6-18(24-10-12)29-15-3-5-16-11(7-15)1-4-17(26-16)19(28)25-13-8-14(27)9-13/h1-7,10,13-14,27H,8-9H2,(H,25,28)/t13-,14+. The van der Waals surface area contributed by atoms with Crippen LogP contribution in [0.15, 0.2) is 48.7 Å². The van der Waals surface area contributed by atoms with E-state index in [1.54, 1.807) is 30.3 Å². The van der Waals surface area contributed by atoms with Gasteiger partial charge in [0.2, 0.25) is 5.88 Å². The van der Waals surface area contributed by atoms with Crippen molar-refractivity contribution >= 4 is 16.8 Å². The lowest BCUT2D eigenvalue weighted by molar-refractivity contribution is -0.137. The minimum Gasteiger partial charge on any atom is -0.439 e. The van der Waals surface area contributed by atoms with Crippen LogP contribution in [-0.2, 0) is 6.18 Å². The molecule has 2 heterocycles. The summed E-state index contributed by atoms with van der Waals surface area (Å²) in [6.45, 7) is 0. The summed E-state index contributed by atoms with van der Waals surface area (Å²) in [5, 5.41) is 12.8. The zero-order chi connectivity index (χ0) is 20.6. The quantitative estimate of drug-likeness (QED) is 0.694. The number of rotatable bonds is 4. The van der Waals surface area contributed by atoms with Crippen molar-refractivity contribution in [2.45, 2.75) is 31.2 Å². The van der Waals surface area contributed by atoms with Crippen molar-refractivity contribution in [2.75, 3.05) is 0 Å². The molecule has 9 heteroatoms. The lowest BCUT2D eigenvalue weighted by atomic mass is 9.89. The van der Waals surface area contributed by atoms with Gasteiger partial charge in [-0.15, -0.1) is 0 Å². The number of pyridine rings is 2. The zero-order valence-electron chi connectivity index (χ0n) is 15.0. The van der Waals surface area contributed by atoms with Gasteiger partial charge in [0.1, 0.15) is 11.4 Å². The summed E-state index contributed by atoms with van der Waals surface area (Å²) in [4.78, 5) is 20.2. The molecule has 0 unspecified atom stereocenters. The zero-order valence-corrected chi connectivity index (χ0v) is 15.0. The van der Waals surface area contributed by atoms with E-state index in [-0.39, 0.29) is 29.6 Å². The van der Waals surface area contributed by atoms with E-state index in [9.17, 15) is 23.1 Å². The Morgan fingerprint density at radius 2 is 1.93 bits per heavy atom. The van der Waals surface area contributed by atoms with Gasteiger partial charge in [0, 0.05) is 23.7 Å². The van der Waals surface area contributed by atoms with Crippen LogP contribution < -0.4 is 10.1 Å². The van der Waals surface area contributed by atoms with Gasteiger partial charge in [-0.05, 0) is 43.2 Å². The van der Waals surface area contributed by atoms with Crippen LogP contribution in [0.2, 0.25) is 0 Å². The smallest absolute Gasteiger partial charge is 0.417 e. The van der Waals surface area contributed by atoms with Crippen LogP contribution in [0, 0.1) is 0 Å². The first-order chi connectivity index (χ1) is 13.8. The van der Waals surface area contributed by atoms with Gasteiger partial charge < -0.3 is 15.2 Å². The van der Waals surface area contributed by atoms with E-state index in [1.807, 2.05) is 0 Å². The number of carbonyl (C=O) groups is 1. The van der Waals surface area contributed by atoms with Crippen molar-refractivity contribution in [3.63, 3.8) is 0 Å². The average Bonchev–Trinajstić information content (AvgIpc) is 2.66. The number of alkyl halides is 3. The van der Waals surface area contributed by atoms with E-state index < -0.39 is 11.7 Å². The van der Waals surface area contributed by atoms with Gasteiger partial charge in [0.25, 0.3) is 5.91 Å². The van der Waals surface area contributed by atoms with E-state index in [0.717, 1.165) is 12.1 Å². The summed E-state index contributed by atoms with van der Waals surface area (Å²) in [6, 6.07) is 10.2. The molecule has 1 aliphatic rings. The Labute approximate surface area is 163 Å². The Hall–Kier alpha value is -3.20. The molecular formula is C20H16F3N3O3. The molecule has 0 radical (unpaired) electrons. The van der Waals surface area contributed by atoms with E-state index in [1.165, 1.54) is 0 Å². The molecule has 0 spiro atoms. The van der Waals surface area contributed by atoms with E-state index in [4.69, 9.17) is 4.74 Å². The number of amides is 1. The van der Waals surface area contributed by atoms with Crippen molar-refractivity contribution in [3.8, 4) is 11.6 Å². The number of hydrogen-bond donors (Lipinski definition) is 2. The van der Waals surface area contributed by atoms with Crippen molar-refractivity contribution in [1.82, 2.24) is 15.3 Å². The van der Waals surface area contributed by atoms with Crippen LogP contribution in [-0.4, -0.2) is 33.1 Å². The number of nitrogens with zero attached hydrogens (tertiary/aromatic N) is 2. The fourth-order valence-electron chi connectivity index (χ4n) is 2.99. The summed E-state index contributed by atoms with van der Waals surface area (Å²) in [6.07, 6.45) is -3.02. The highest BCUT2D eigenvalue weighted by molar-refractivity contribution is 5.95. The summed E-state index contributed by atoms with van der Waals surface area (Å²) in [5.74, 6) is 0.106. The molecule has 1 aliphatic carbocycles. The van der Waals surface area contributed by atoms with Gasteiger partial charge in [0.05, 0.1) is 17.2 Å². The van der Waals surface area contributed by atoms with E-state index in [2.05, 4.69) is 15.3 Å². The Kier molecular flexibility index (Phi) is 4.83. The summed E-state index contributed by atoms with van der Waals surface area (Å²) >= 11 is 0. The fraction of sp³-hybridized carbons (Fsp3) is 0.250. The number of hydrogen-bond acceptors (Lipinski definition) is 5. The van der Waals surface area contributed by atoms with Crippen LogP contribution in [0.1, 0.15) is 28.9 Å². The first-order valence-electron chi connectivity index (χ1n) is 8.89. The number of aliphatic hydroxyl groups is 1. The van der Waals surface area contributed by atoms with Crippen LogP contribution in [0.25, 0.3) is 10.9 Å². The predicted molar refractivity (Wildman–Crippen MR) is 97.6 cm³/mol. The molecule has 3 aromatic rings. The minimum absolute atomic E-state index is 0.0315. The molecule has 0 aliphatic heterocycles. The van der Waals surface area contributed by atoms with Gasteiger partial charge in [-0.25, -0.2) is 9.97 Å². The summed E-state index contributed by atoms with van der Waals surface area (Å²) in [5.41, 5.74) is -0.0224. The molecule has 6 nitrogen and oxygen atoms in total. The Bertz CT molecular complexity index is 1050. The highest BCUT2D eigenvalue weighted by Gasteiger charge is 2.31. The van der Waals surface area contributed by atoms with Gasteiger partial charge in [-0.1, -0.05) is 6.07 Å². The van der Waals surface area contributed by atoms with Gasteiger partial charge in [-0.3, -0.25) is 4.79 Å². The number of fused-ring (bicyclic) bond motifs is 1. The largest absolute Gasteiger partial charge is 0.439 e. The molecule has 0 atom stereocenters. The first kappa shape index (κ1) is 19.1. The summed E-state index contributed by atoms with van der Waals surface area (Å²) < 4.78 is 43.3. The number of aromatic nitrogens is 2. The minimum atomic E-state index is -4.46. The topological polar surface area (TPSA) is 84.3 Å². The van der Waals surface area contributed by atoms with Gasteiger partial charge in [0.15, 0.2) is 0 Å². The molecule has 4 rings (SSSR count). The first-order valence-corrected chi connectivity index (χ1v) is 8.89. The second-order valence-corrected chi connectivity index (χ2v) is 6.83. The number of ether oxygens (including phenoxy) is 1. The number of carbonyl (C=O) groups excluding carboxylic acids is 1. The average molecular weight is 403 g/mol. The monoisotopic (exact) mass is 403 g/mol. The van der Waals surface area contributed by atoms with Crippen LogP contribution >= 0.6 is 0 Å². The van der Waals surface area contributed by atoms with Crippen LogP contribution in [0.5, 0.6) is 11.6 Å². The van der Waals surface area contributed by atoms with E-state index in [0.29, 0.717) is 35.7 Å². The number of halogens is 3. The molecule has 150 valence electrons. The molecular weight excluding hydrogens is 387 g/mol. The second-order valence-electron chi connectivity index (χ2n) is 6.83. The summed E-state index contributed by atoms with van der Waals surface area (Å²) in [7, 11) is 0. The van der Waals surface area contributed by atoms with Crippen molar-refractivity contribution in [2.24, 2.45) is 0 Å². The Morgan fingerprint density at radius 3 is 2.59 bits per heavy atom. The second kappa shape index (κ2) is 7.32. The number of nitrogens with one attached hydrogen (secondary N) is 1. The molecule has 2 N–H and O–H groups in total. The lowest BCUT2D eigenvalue weighted by Crippen LogP contribution is -2.46. The fourth-order valence-corrected chi connectivity index (χ4v) is 2.99. The van der Waals surface area contributed by atoms with Crippen molar-refractivity contribution in [3.05, 3.63) is 59.9 Å². The predicted octanol–water partition coefficient (Wildman–Crippen LogP) is 3.69. The third-order valence-corrected chi connectivity index (χ3v) is 4.63.